The molecule has 0 aliphatic heterocycles. The molecule has 0 aromatic heterocycles. The van der Waals surface area contributed by atoms with Gasteiger partial charge in [-0.1, -0.05) is 13.3 Å². The van der Waals surface area contributed by atoms with Crippen LogP contribution in [0.1, 0.15) is 32.6 Å². The predicted molar refractivity (Wildman–Crippen MR) is 59.7 cm³/mol. The lowest BCUT2D eigenvalue weighted by molar-refractivity contribution is 0.0688. The van der Waals surface area contributed by atoms with Crippen LogP contribution in [0.4, 0.5) is 0 Å². The summed E-state index contributed by atoms with van der Waals surface area (Å²) in [6.07, 6.45) is 4.90. The molecule has 0 saturated carbocycles. The minimum absolute atomic E-state index is 0.703. The number of nitrogens with one attached hydrogen (secondary N) is 1. The Bertz CT molecular complexity index is 87.3. The monoisotopic (exact) mass is 203 g/mol. The third-order valence-electron chi connectivity index (χ3n) is 2.03. The molecule has 0 aliphatic carbocycles. The van der Waals surface area contributed by atoms with Gasteiger partial charge in [0.1, 0.15) is 0 Å². The van der Waals surface area contributed by atoms with Crippen molar-refractivity contribution in [2.24, 2.45) is 0 Å². The number of hydrogen-bond acceptors (Lipinski definition) is 3. The highest BCUT2D eigenvalue weighted by Crippen LogP contribution is 1.89. The minimum atomic E-state index is 0.703. The van der Waals surface area contributed by atoms with E-state index < -0.39 is 0 Å². The third kappa shape index (κ3) is 11.9. The summed E-state index contributed by atoms with van der Waals surface area (Å²) in [6.45, 7) is 6.77. The van der Waals surface area contributed by atoms with E-state index in [0.29, 0.717) is 6.61 Å². The lowest BCUT2D eigenvalue weighted by Gasteiger charge is -2.04. The predicted octanol–water partition coefficient (Wildman–Crippen LogP) is 1.82. The fraction of sp³-hybridized carbons (Fsp3) is 1.00. The zero-order chi connectivity index (χ0) is 10.5. The van der Waals surface area contributed by atoms with Gasteiger partial charge in [-0.25, -0.2) is 0 Å². The van der Waals surface area contributed by atoms with Crippen molar-refractivity contribution in [3.63, 3.8) is 0 Å². The summed E-state index contributed by atoms with van der Waals surface area (Å²) in [4.78, 5) is 0. The molecule has 0 atom stereocenters. The van der Waals surface area contributed by atoms with Crippen LogP contribution >= 0.6 is 0 Å². The standard InChI is InChI=1S/C11H25NO2/c1-3-4-7-12-8-5-6-9-14-11-10-13-2/h12H,3-11H2,1-2H3. The molecule has 0 aromatic carbocycles. The van der Waals surface area contributed by atoms with E-state index in [9.17, 15) is 0 Å². The van der Waals surface area contributed by atoms with Crippen LogP contribution in [-0.2, 0) is 9.47 Å². The van der Waals surface area contributed by atoms with Crippen LogP contribution in [0.2, 0.25) is 0 Å². The van der Waals surface area contributed by atoms with E-state index >= 15 is 0 Å². The molecule has 0 aromatic rings. The Hall–Kier alpha value is -0.120. The Morgan fingerprint density at radius 3 is 2.43 bits per heavy atom. The van der Waals surface area contributed by atoms with Gasteiger partial charge in [-0.2, -0.15) is 0 Å². The van der Waals surface area contributed by atoms with Gasteiger partial charge in [-0.05, 0) is 32.4 Å². The molecule has 0 aliphatic rings. The third-order valence-corrected chi connectivity index (χ3v) is 2.03. The van der Waals surface area contributed by atoms with Crippen LogP contribution < -0.4 is 5.32 Å². The van der Waals surface area contributed by atoms with Crippen LogP contribution in [-0.4, -0.2) is 40.0 Å². The lowest BCUT2D eigenvalue weighted by Crippen LogP contribution is -2.17. The van der Waals surface area contributed by atoms with Crippen LogP contribution in [0, 0.1) is 0 Å². The van der Waals surface area contributed by atoms with Crippen LogP contribution in [0.25, 0.3) is 0 Å². The van der Waals surface area contributed by atoms with E-state index in [-0.39, 0.29) is 0 Å². The average molecular weight is 203 g/mol. The summed E-state index contributed by atoms with van der Waals surface area (Å²) in [6, 6.07) is 0. The number of unbranched alkanes of at least 4 members (excludes halogenated alkanes) is 2. The van der Waals surface area contributed by atoms with Crippen molar-refractivity contribution >= 4 is 0 Å². The largest absolute Gasteiger partial charge is 0.382 e. The van der Waals surface area contributed by atoms with E-state index in [2.05, 4.69) is 12.2 Å². The van der Waals surface area contributed by atoms with Crippen molar-refractivity contribution in [2.75, 3.05) is 40.0 Å². The van der Waals surface area contributed by atoms with Gasteiger partial charge < -0.3 is 14.8 Å². The van der Waals surface area contributed by atoms with Gasteiger partial charge in [0.25, 0.3) is 0 Å². The number of ether oxygens (including phenoxy) is 2. The molecule has 0 rings (SSSR count). The van der Waals surface area contributed by atoms with Gasteiger partial charge in [0.05, 0.1) is 13.2 Å². The summed E-state index contributed by atoms with van der Waals surface area (Å²) in [7, 11) is 1.70. The van der Waals surface area contributed by atoms with E-state index in [0.717, 1.165) is 32.7 Å². The van der Waals surface area contributed by atoms with Gasteiger partial charge in [0.15, 0.2) is 0 Å². The number of rotatable bonds is 11. The molecule has 0 amide bonds. The molecular weight excluding hydrogens is 178 g/mol. The smallest absolute Gasteiger partial charge is 0.0700 e. The maximum absolute atomic E-state index is 5.35. The zero-order valence-corrected chi connectivity index (χ0v) is 9.68. The van der Waals surface area contributed by atoms with Crippen LogP contribution in [0.15, 0.2) is 0 Å². The second-order valence-corrected chi connectivity index (χ2v) is 3.42. The molecule has 14 heavy (non-hydrogen) atoms. The summed E-state index contributed by atoms with van der Waals surface area (Å²) < 4.78 is 10.2. The molecular formula is C11H25NO2. The van der Waals surface area contributed by atoms with Gasteiger partial charge >= 0.3 is 0 Å². The Kier molecular flexibility index (Phi) is 12.8. The lowest BCUT2D eigenvalue weighted by atomic mass is 10.3. The maximum atomic E-state index is 5.35. The SMILES string of the molecule is CCCCNCCCCOCCOC. The Balaban J connectivity index is 2.78. The molecule has 0 radical (unpaired) electrons. The van der Waals surface area contributed by atoms with Crippen molar-refractivity contribution < 1.29 is 9.47 Å². The van der Waals surface area contributed by atoms with Crippen LogP contribution in [0.3, 0.4) is 0 Å². The van der Waals surface area contributed by atoms with Crippen molar-refractivity contribution in [3.05, 3.63) is 0 Å². The molecule has 0 fully saturated rings. The highest BCUT2D eigenvalue weighted by Gasteiger charge is 1.90. The highest BCUT2D eigenvalue weighted by molar-refractivity contribution is 4.47. The zero-order valence-electron chi connectivity index (χ0n) is 9.68. The maximum Gasteiger partial charge on any atom is 0.0700 e. The first-order valence-corrected chi connectivity index (χ1v) is 5.69. The molecule has 0 saturated heterocycles. The van der Waals surface area contributed by atoms with E-state index in [4.69, 9.17) is 9.47 Å². The molecule has 1 N–H and O–H groups in total. The molecule has 0 heterocycles. The first kappa shape index (κ1) is 13.9. The fourth-order valence-corrected chi connectivity index (χ4v) is 1.13. The number of hydrogen-bond donors (Lipinski definition) is 1. The summed E-state index contributed by atoms with van der Waals surface area (Å²) in [5.41, 5.74) is 0. The van der Waals surface area contributed by atoms with Crippen molar-refractivity contribution in [1.82, 2.24) is 5.32 Å². The molecule has 3 nitrogen and oxygen atoms in total. The Morgan fingerprint density at radius 1 is 0.929 bits per heavy atom. The topological polar surface area (TPSA) is 30.5 Å². The Morgan fingerprint density at radius 2 is 1.71 bits per heavy atom. The Labute approximate surface area is 88.2 Å². The van der Waals surface area contributed by atoms with E-state index in [1.807, 2.05) is 0 Å². The van der Waals surface area contributed by atoms with Crippen LogP contribution in [0.5, 0.6) is 0 Å². The van der Waals surface area contributed by atoms with Gasteiger partial charge in [-0.15, -0.1) is 0 Å². The highest BCUT2D eigenvalue weighted by atomic mass is 16.5. The van der Waals surface area contributed by atoms with Gasteiger partial charge in [0.2, 0.25) is 0 Å². The second kappa shape index (κ2) is 12.9. The quantitative estimate of drug-likeness (QED) is 0.520. The summed E-state index contributed by atoms with van der Waals surface area (Å²) in [5.74, 6) is 0. The molecule has 86 valence electrons. The minimum Gasteiger partial charge on any atom is -0.382 e. The molecule has 0 unspecified atom stereocenters. The van der Waals surface area contributed by atoms with Crippen molar-refractivity contribution in [1.29, 1.82) is 0 Å². The number of methoxy groups -OCH3 is 1. The first-order chi connectivity index (χ1) is 6.91. The first-order valence-electron chi connectivity index (χ1n) is 5.69. The van der Waals surface area contributed by atoms with Crippen molar-refractivity contribution in [2.45, 2.75) is 32.6 Å². The average Bonchev–Trinajstić information content (AvgIpc) is 2.21. The summed E-state index contributed by atoms with van der Waals surface area (Å²) >= 11 is 0. The fourth-order valence-electron chi connectivity index (χ4n) is 1.13. The molecule has 0 bridgehead atoms. The summed E-state index contributed by atoms with van der Waals surface area (Å²) in [5, 5.41) is 3.41. The normalized spacial score (nSPS) is 10.7. The molecule has 3 heteroatoms. The molecule has 0 spiro atoms. The van der Waals surface area contributed by atoms with Crippen molar-refractivity contribution in [3.8, 4) is 0 Å². The van der Waals surface area contributed by atoms with Gasteiger partial charge in [-0.3, -0.25) is 0 Å². The van der Waals surface area contributed by atoms with E-state index in [1.54, 1.807) is 7.11 Å². The van der Waals surface area contributed by atoms with E-state index in [1.165, 1.54) is 19.3 Å². The van der Waals surface area contributed by atoms with Gasteiger partial charge in [0, 0.05) is 13.7 Å². The second-order valence-electron chi connectivity index (χ2n) is 3.42.